The highest BCUT2D eigenvalue weighted by atomic mass is 15.3. The first-order chi connectivity index (χ1) is 9.81. The van der Waals surface area contributed by atoms with Crippen molar-refractivity contribution in [2.45, 2.75) is 13.3 Å². The second-order valence-electron chi connectivity index (χ2n) is 4.90. The molecule has 1 aromatic carbocycles. The van der Waals surface area contributed by atoms with Crippen molar-refractivity contribution in [2.24, 2.45) is 0 Å². The van der Waals surface area contributed by atoms with Gasteiger partial charge in [0.15, 0.2) is 5.65 Å². The van der Waals surface area contributed by atoms with E-state index in [4.69, 9.17) is 0 Å². The zero-order chi connectivity index (χ0) is 13.5. The summed E-state index contributed by atoms with van der Waals surface area (Å²) in [5, 5.41) is 18.9. The van der Waals surface area contributed by atoms with E-state index < -0.39 is 0 Å². The standard InChI is InChI=1S/C14H12N6/c1-8-4-9(6-12-13(8)18-20-17-12)5-10-2-3-15-14-11(10)7-16-19-14/h2-4,6-7H,5H2,1H3,(H,15,16,19)(H,17,18,20). The van der Waals surface area contributed by atoms with Crippen molar-refractivity contribution in [3.05, 3.63) is 47.3 Å². The molecule has 3 aromatic heterocycles. The van der Waals surface area contributed by atoms with Crippen LogP contribution < -0.4 is 0 Å². The van der Waals surface area contributed by atoms with Gasteiger partial charge in [0.1, 0.15) is 5.52 Å². The third-order valence-corrected chi connectivity index (χ3v) is 3.52. The number of aromatic nitrogens is 6. The van der Waals surface area contributed by atoms with Gasteiger partial charge >= 0.3 is 0 Å². The number of benzene rings is 1. The van der Waals surface area contributed by atoms with E-state index in [1.54, 1.807) is 6.20 Å². The lowest BCUT2D eigenvalue weighted by atomic mass is 10.0. The number of nitrogens with one attached hydrogen (secondary N) is 2. The van der Waals surface area contributed by atoms with Crippen LogP contribution in [-0.2, 0) is 6.42 Å². The van der Waals surface area contributed by atoms with Crippen molar-refractivity contribution in [2.75, 3.05) is 0 Å². The largest absolute Gasteiger partial charge is 0.261 e. The lowest BCUT2D eigenvalue weighted by molar-refractivity contribution is 0.958. The molecule has 0 aliphatic carbocycles. The Morgan fingerprint density at radius 1 is 1.20 bits per heavy atom. The molecule has 0 saturated heterocycles. The molecule has 0 unspecified atom stereocenters. The fourth-order valence-electron chi connectivity index (χ4n) is 2.58. The molecule has 2 N–H and O–H groups in total. The van der Waals surface area contributed by atoms with Crippen LogP contribution in [0.4, 0.5) is 0 Å². The van der Waals surface area contributed by atoms with Crippen LogP contribution in [0.5, 0.6) is 0 Å². The molecule has 0 radical (unpaired) electrons. The molecule has 0 spiro atoms. The smallest absolute Gasteiger partial charge is 0.155 e. The van der Waals surface area contributed by atoms with Gasteiger partial charge in [0.2, 0.25) is 0 Å². The van der Waals surface area contributed by atoms with Gasteiger partial charge in [-0.3, -0.25) is 10.2 Å². The van der Waals surface area contributed by atoms with E-state index in [0.717, 1.165) is 34.1 Å². The zero-order valence-electron chi connectivity index (χ0n) is 10.9. The molecule has 0 saturated carbocycles. The van der Waals surface area contributed by atoms with Gasteiger partial charge in [-0.2, -0.15) is 5.10 Å². The number of pyridine rings is 1. The molecule has 0 aliphatic heterocycles. The van der Waals surface area contributed by atoms with E-state index in [2.05, 4.69) is 42.7 Å². The van der Waals surface area contributed by atoms with Gasteiger partial charge in [0.05, 0.1) is 11.7 Å². The van der Waals surface area contributed by atoms with Gasteiger partial charge in [-0.1, -0.05) is 11.3 Å². The minimum atomic E-state index is 0.823. The summed E-state index contributed by atoms with van der Waals surface area (Å²) in [4.78, 5) is 4.26. The van der Waals surface area contributed by atoms with Gasteiger partial charge in [0.25, 0.3) is 0 Å². The molecule has 6 heteroatoms. The predicted octanol–water partition coefficient (Wildman–Crippen LogP) is 2.13. The molecule has 3 heterocycles. The first kappa shape index (κ1) is 11.1. The van der Waals surface area contributed by atoms with Crippen LogP contribution >= 0.6 is 0 Å². The van der Waals surface area contributed by atoms with Crippen molar-refractivity contribution >= 4 is 22.1 Å². The van der Waals surface area contributed by atoms with Crippen molar-refractivity contribution < 1.29 is 0 Å². The van der Waals surface area contributed by atoms with Crippen LogP contribution in [-0.4, -0.2) is 30.6 Å². The molecule has 0 bridgehead atoms. The third-order valence-electron chi connectivity index (χ3n) is 3.52. The van der Waals surface area contributed by atoms with Gasteiger partial charge in [-0.05, 0) is 42.2 Å². The Balaban J connectivity index is 1.82. The highest BCUT2D eigenvalue weighted by Gasteiger charge is 2.08. The van der Waals surface area contributed by atoms with Crippen LogP contribution in [0.1, 0.15) is 16.7 Å². The van der Waals surface area contributed by atoms with Gasteiger partial charge in [-0.15, -0.1) is 5.10 Å². The lowest BCUT2D eigenvalue weighted by Gasteiger charge is -2.05. The fraction of sp³-hybridized carbons (Fsp3) is 0.143. The number of H-pyrrole nitrogens is 2. The maximum atomic E-state index is 4.26. The van der Waals surface area contributed by atoms with Crippen LogP contribution in [0.15, 0.2) is 30.6 Å². The summed E-state index contributed by atoms with van der Waals surface area (Å²) in [6, 6.07) is 6.27. The number of hydrogen-bond donors (Lipinski definition) is 2. The second-order valence-corrected chi connectivity index (χ2v) is 4.90. The Hall–Kier alpha value is -2.76. The normalized spacial score (nSPS) is 11.4. The van der Waals surface area contributed by atoms with E-state index in [0.29, 0.717) is 0 Å². The highest BCUT2D eigenvalue weighted by molar-refractivity contribution is 5.80. The zero-order valence-corrected chi connectivity index (χ0v) is 10.9. The molecular formula is C14H12N6. The Bertz CT molecular complexity index is 904. The van der Waals surface area contributed by atoms with Crippen molar-refractivity contribution in [3.63, 3.8) is 0 Å². The number of hydrogen-bond acceptors (Lipinski definition) is 4. The summed E-state index contributed by atoms with van der Waals surface area (Å²) in [5.41, 5.74) is 6.27. The average molecular weight is 264 g/mol. The van der Waals surface area contributed by atoms with Crippen molar-refractivity contribution in [3.8, 4) is 0 Å². The molecule has 20 heavy (non-hydrogen) atoms. The summed E-state index contributed by atoms with van der Waals surface area (Å²) in [6.45, 7) is 2.05. The molecule has 4 aromatic rings. The van der Waals surface area contributed by atoms with E-state index in [-0.39, 0.29) is 0 Å². The van der Waals surface area contributed by atoms with Gasteiger partial charge < -0.3 is 0 Å². The SMILES string of the molecule is Cc1cc(Cc2ccnc3[nH]ncc23)cc2[nH]nnc12. The topological polar surface area (TPSA) is 83.1 Å². The maximum absolute atomic E-state index is 4.26. The molecule has 0 aliphatic rings. The van der Waals surface area contributed by atoms with Gasteiger partial charge in [-0.25, -0.2) is 4.98 Å². The number of rotatable bonds is 2. The lowest BCUT2D eigenvalue weighted by Crippen LogP contribution is -1.92. The Kier molecular flexibility index (Phi) is 2.29. The molecule has 0 fully saturated rings. The molecular weight excluding hydrogens is 252 g/mol. The molecule has 98 valence electrons. The van der Waals surface area contributed by atoms with Crippen LogP contribution in [0.3, 0.4) is 0 Å². The summed E-state index contributed by atoms with van der Waals surface area (Å²) in [7, 11) is 0. The molecule has 0 amide bonds. The second kappa shape index (κ2) is 4.12. The third kappa shape index (κ3) is 1.65. The number of nitrogens with zero attached hydrogens (tertiary/aromatic N) is 4. The average Bonchev–Trinajstić information content (AvgIpc) is 3.06. The molecule has 0 atom stereocenters. The molecule has 4 rings (SSSR count). The van der Waals surface area contributed by atoms with E-state index in [1.807, 2.05) is 19.2 Å². The summed E-state index contributed by atoms with van der Waals surface area (Å²) >= 11 is 0. The minimum Gasteiger partial charge on any atom is -0.261 e. The summed E-state index contributed by atoms with van der Waals surface area (Å²) in [5.74, 6) is 0. The number of aryl methyl sites for hydroxylation is 1. The first-order valence-electron chi connectivity index (χ1n) is 6.38. The summed E-state index contributed by atoms with van der Waals surface area (Å²) in [6.07, 6.45) is 4.45. The number of fused-ring (bicyclic) bond motifs is 2. The van der Waals surface area contributed by atoms with Crippen molar-refractivity contribution in [1.82, 2.24) is 30.6 Å². The fourth-order valence-corrected chi connectivity index (χ4v) is 2.58. The van der Waals surface area contributed by atoms with Crippen molar-refractivity contribution in [1.29, 1.82) is 0 Å². The molecule has 6 nitrogen and oxygen atoms in total. The van der Waals surface area contributed by atoms with Crippen LogP contribution in [0.25, 0.3) is 22.1 Å². The first-order valence-corrected chi connectivity index (χ1v) is 6.38. The highest BCUT2D eigenvalue weighted by Crippen LogP contribution is 2.21. The quantitative estimate of drug-likeness (QED) is 0.581. The Labute approximate surface area is 114 Å². The number of aromatic amines is 2. The van der Waals surface area contributed by atoms with Gasteiger partial charge in [0, 0.05) is 11.6 Å². The summed E-state index contributed by atoms with van der Waals surface area (Å²) < 4.78 is 0. The van der Waals surface area contributed by atoms with E-state index >= 15 is 0 Å². The Morgan fingerprint density at radius 2 is 2.15 bits per heavy atom. The monoisotopic (exact) mass is 264 g/mol. The van der Waals surface area contributed by atoms with E-state index in [9.17, 15) is 0 Å². The maximum Gasteiger partial charge on any atom is 0.155 e. The predicted molar refractivity (Wildman–Crippen MR) is 75.3 cm³/mol. The van der Waals surface area contributed by atoms with Crippen LogP contribution in [0.2, 0.25) is 0 Å². The minimum absolute atomic E-state index is 0.823. The van der Waals surface area contributed by atoms with E-state index in [1.165, 1.54) is 11.1 Å². The Morgan fingerprint density at radius 3 is 3.10 bits per heavy atom. The van der Waals surface area contributed by atoms with Crippen LogP contribution in [0, 0.1) is 6.92 Å².